The number of hydrogen-bond donors (Lipinski definition) is 0. The van der Waals surface area contributed by atoms with Crippen LogP contribution in [0.4, 0.5) is 0 Å². The molecule has 0 saturated carbocycles. The summed E-state index contributed by atoms with van der Waals surface area (Å²) in [5.41, 5.74) is 0.735. The van der Waals surface area contributed by atoms with Crippen molar-refractivity contribution in [2.24, 2.45) is 0 Å². The molecule has 3 aromatic rings. The summed E-state index contributed by atoms with van der Waals surface area (Å²) in [6.07, 6.45) is 1.23. The van der Waals surface area contributed by atoms with E-state index in [4.69, 9.17) is 20.8 Å². The Balaban J connectivity index is 1.47. The second-order valence-electron chi connectivity index (χ2n) is 6.38. The summed E-state index contributed by atoms with van der Waals surface area (Å²) in [6, 6.07) is 10.6. The van der Waals surface area contributed by atoms with Gasteiger partial charge in [-0.25, -0.2) is 8.42 Å². The molecule has 0 radical (unpaired) electrons. The lowest BCUT2D eigenvalue weighted by molar-refractivity contribution is 0.291. The molecular formula is C18H18ClN3O4S2. The zero-order valence-corrected chi connectivity index (χ0v) is 17.4. The standard InChI is InChI=1S/C18H18ClN3O4S2/c1-25-14-5-3-2-4-13(14)18-21-20-17(26-18)12-8-10-22(11-9-12)28(23,24)16-7-6-15(19)27-16/h2-7,12H,8-11H2,1H3. The van der Waals surface area contributed by atoms with Crippen LogP contribution < -0.4 is 4.74 Å². The van der Waals surface area contributed by atoms with Crippen LogP contribution in [0.5, 0.6) is 5.75 Å². The van der Waals surface area contributed by atoms with Crippen LogP contribution in [0, 0.1) is 0 Å². The Hall–Kier alpha value is -1.94. The van der Waals surface area contributed by atoms with Crippen molar-refractivity contribution >= 4 is 33.0 Å². The topological polar surface area (TPSA) is 85.5 Å². The average molecular weight is 440 g/mol. The maximum Gasteiger partial charge on any atom is 0.252 e. The SMILES string of the molecule is COc1ccccc1-c1nnc(C2CCN(S(=O)(=O)c3ccc(Cl)s3)CC2)o1. The lowest BCUT2D eigenvalue weighted by Gasteiger charge is -2.29. The van der Waals surface area contributed by atoms with Crippen LogP contribution in [0.15, 0.2) is 45.0 Å². The van der Waals surface area contributed by atoms with Gasteiger partial charge in [-0.15, -0.1) is 21.5 Å². The molecule has 0 spiro atoms. The van der Waals surface area contributed by atoms with E-state index in [1.807, 2.05) is 24.3 Å². The summed E-state index contributed by atoms with van der Waals surface area (Å²) in [5, 5.41) is 8.33. The Morgan fingerprint density at radius 3 is 2.61 bits per heavy atom. The number of benzene rings is 1. The lowest BCUT2D eigenvalue weighted by Crippen LogP contribution is -2.37. The molecule has 7 nitrogen and oxygen atoms in total. The van der Waals surface area contributed by atoms with E-state index in [1.165, 1.54) is 4.31 Å². The van der Waals surface area contributed by atoms with Gasteiger partial charge in [0.15, 0.2) is 0 Å². The summed E-state index contributed by atoms with van der Waals surface area (Å²) < 4.78 is 38.9. The van der Waals surface area contributed by atoms with Crippen LogP contribution in [-0.4, -0.2) is 43.1 Å². The normalized spacial score (nSPS) is 16.4. The molecule has 2 aromatic heterocycles. The smallest absolute Gasteiger partial charge is 0.252 e. The zero-order chi connectivity index (χ0) is 19.7. The van der Waals surface area contributed by atoms with Crippen LogP contribution in [-0.2, 0) is 10.0 Å². The predicted octanol–water partition coefficient (Wildman–Crippen LogP) is 4.03. The summed E-state index contributed by atoms with van der Waals surface area (Å²) >= 11 is 6.96. The lowest BCUT2D eigenvalue weighted by atomic mass is 9.98. The molecule has 28 heavy (non-hydrogen) atoms. The Kier molecular flexibility index (Phi) is 5.42. The summed E-state index contributed by atoms with van der Waals surface area (Å²) in [7, 11) is -1.92. The van der Waals surface area contributed by atoms with Gasteiger partial charge in [0.1, 0.15) is 9.96 Å². The van der Waals surface area contributed by atoms with Crippen molar-refractivity contribution in [2.45, 2.75) is 23.0 Å². The monoisotopic (exact) mass is 439 g/mol. The summed E-state index contributed by atoms with van der Waals surface area (Å²) in [6.45, 7) is 0.795. The molecule has 1 aromatic carbocycles. The average Bonchev–Trinajstić information content (AvgIpc) is 3.38. The molecule has 10 heteroatoms. The molecule has 0 aliphatic carbocycles. The van der Waals surface area contributed by atoms with Gasteiger partial charge in [-0.2, -0.15) is 4.31 Å². The number of nitrogens with zero attached hydrogens (tertiary/aromatic N) is 3. The Bertz CT molecular complexity index is 1070. The van der Waals surface area contributed by atoms with Gasteiger partial charge in [0.25, 0.3) is 15.9 Å². The van der Waals surface area contributed by atoms with E-state index in [1.54, 1.807) is 19.2 Å². The second kappa shape index (κ2) is 7.82. The Morgan fingerprint density at radius 2 is 1.93 bits per heavy atom. The third kappa shape index (κ3) is 3.67. The van der Waals surface area contributed by atoms with Crippen molar-refractivity contribution in [3.63, 3.8) is 0 Å². The first-order valence-electron chi connectivity index (χ1n) is 8.71. The third-order valence-electron chi connectivity index (χ3n) is 4.72. The second-order valence-corrected chi connectivity index (χ2v) is 10.3. The van der Waals surface area contributed by atoms with Crippen LogP contribution in [0.3, 0.4) is 0 Å². The quantitative estimate of drug-likeness (QED) is 0.596. The minimum absolute atomic E-state index is 0.0225. The van der Waals surface area contributed by atoms with Crippen molar-refractivity contribution in [3.8, 4) is 17.2 Å². The largest absolute Gasteiger partial charge is 0.496 e. The Morgan fingerprint density at radius 1 is 1.18 bits per heavy atom. The van der Waals surface area contributed by atoms with Crippen LogP contribution >= 0.6 is 22.9 Å². The van der Waals surface area contributed by atoms with Gasteiger partial charge in [0, 0.05) is 19.0 Å². The van der Waals surface area contributed by atoms with Gasteiger partial charge in [-0.3, -0.25) is 0 Å². The number of ether oxygens (including phenoxy) is 1. The van der Waals surface area contributed by atoms with Crippen molar-refractivity contribution in [1.29, 1.82) is 0 Å². The van der Waals surface area contributed by atoms with Crippen LogP contribution in [0.2, 0.25) is 4.34 Å². The maximum absolute atomic E-state index is 12.7. The van der Waals surface area contributed by atoms with Crippen molar-refractivity contribution in [3.05, 3.63) is 46.6 Å². The maximum atomic E-state index is 12.7. The van der Waals surface area contributed by atoms with E-state index in [9.17, 15) is 8.42 Å². The van der Waals surface area contributed by atoms with Crippen LogP contribution in [0.1, 0.15) is 24.7 Å². The number of rotatable bonds is 5. The van der Waals surface area contributed by atoms with Gasteiger partial charge in [0.05, 0.1) is 17.0 Å². The molecule has 148 valence electrons. The molecule has 0 amide bonds. The highest BCUT2D eigenvalue weighted by atomic mass is 35.5. The van der Waals surface area contributed by atoms with Crippen molar-refractivity contribution in [1.82, 2.24) is 14.5 Å². The van der Waals surface area contributed by atoms with Crippen LogP contribution in [0.25, 0.3) is 11.5 Å². The molecule has 1 aliphatic rings. The highest BCUT2D eigenvalue weighted by Gasteiger charge is 2.33. The highest BCUT2D eigenvalue weighted by Crippen LogP contribution is 2.35. The fraction of sp³-hybridized carbons (Fsp3) is 0.333. The number of aromatic nitrogens is 2. The number of halogens is 1. The number of sulfonamides is 1. The van der Waals surface area contributed by atoms with E-state index >= 15 is 0 Å². The van der Waals surface area contributed by atoms with Crippen molar-refractivity contribution < 1.29 is 17.6 Å². The third-order valence-corrected chi connectivity index (χ3v) is 8.32. The van der Waals surface area contributed by atoms with Gasteiger partial charge >= 0.3 is 0 Å². The minimum Gasteiger partial charge on any atom is -0.496 e. The molecule has 1 saturated heterocycles. The molecule has 1 fully saturated rings. The predicted molar refractivity (Wildman–Crippen MR) is 106 cm³/mol. The molecule has 0 unspecified atom stereocenters. The number of thiophene rings is 1. The van der Waals surface area contributed by atoms with E-state index in [-0.39, 0.29) is 10.1 Å². The zero-order valence-electron chi connectivity index (χ0n) is 15.0. The molecule has 3 heterocycles. The van der Waals surface area contributed by atoms with Gasteiger partial charge < -0.3 is 9.15 Å². The van der Waals surface area contributed by atoms with Gasteiger partial charge in [-0.1, -0.05) is 23.7 Å². The number of para-hydroxylation sites is 1. The minimum atomic E-state index is -3.51. The Labute approximate surface area is 172 Å². The van der Waals surface area contributed by atoms with E-state index in [0.29, 0.717) is 47.8 Å². The fourth-order valence-corrected chi connectivity index (χ4v) is 6.34. The van der Waals surface area contributed by atoms with Gasteiger partial charge in [-0.05, 0) is 37.1 Å². The molecule has 1 aliphatic heterocycles. The first-order chi connectivity index (χ1) is 13.5. The van der Waals surface area contributed by atoms with Crippen molar-refractivity contribution in [2.75, 3.05) is 20.2 Å². The molecule has 0 N–H and O–H groups in total. The number of hydrogen-bond acceptors (Lipinski definition) is 7. The first kappa shape index (κ1) is 19.4. The number of piperidine rings is 1. The molecular weight excluding hydrogens is 422 g/mol. The molecule has 0 atom stereocenters. The molecule has 4 rings (SSSR count). The summed E-state index contributed by atoms with van der Waals surface area (Å²) in [5.74, 6) is 1.61. The number of methoxy groups -OCH3 is 1. The van der Waals surface area contributed by atoms with E-state index < -0.39 is 10.0 Å². The molecule has 0 bridgehead atoms. The highest BCUT2D eigenvalue weighted by molar-refractivity contribution is 7.91. The summed E-state index contributed by atoms with van der Waals surface area (Å²) in [4.78, 5) is 0. The first-order valence-corrected chi connectivity index (χ1v) is 11.3. The fourth-order valence-electron chi connectivity index (χ4n) is 3.24. The van der Waals surface area contributed by atoms with E-state index in [2.05, 4.69) is 10.2 Å². The van der Waals surface area contributed by atoms with Gasteiger partial charge in [0.2, 0.25) is 5.89 Å². The van der Waals surface area contributed by atoms with E-state index in [0.717, 1.165) is 16.9 Å².